The molecule has 0 fully saturated rings. The maximum atomic E-state index is 6.10. The molecule has 1 aromatic heterocycles. The van der Waals surface area contributed by atoms with Gasteiger partial charge >= 0.3 is 0 Å². The summed E-state index contributed by atoms with van der Waals surface area (Å²) >= 11 is 36.1. The van der Waals surface area contributed by atoms with Crippen molar-refractivity contribution in [1.82, 2.24) is 9.78 Å². The van der Waals surface area contributed by atoms with Crippen LogP contribution in [-0.4, -0.2) is 67.2 Å². The summed E-state index contributed by atoms with van der Waals surface area (Å²) in [6, 6.07) is 39.3. The number of nitrogens with zero attached hydrogens (tertiary/aromatic N) is 2. The van der Waals surface area contributed by atoms with E-state index < -0.39 is 0 Å². The van der Waals surface area contributed by atoms with Crippen molar-refractivity contribution < 1.29 is 14.2 Å². The van der Waals surface area contributed by atoms with Gasteiger partial charge in [0.1, 0.15) is 17.2 Å². The lowest BCUT2D eigenvalue weighted by Crippen LogP contribution is -2.06. The quantitative estimate of drug-likeness (QED) is 0.00637. The third-order valence-electron chi connectivity index (χ3n) is 18.6. The molecule has 111 heavy (non-hydrogen) atoms. The normalized spacial score (nSPS) is 11.7. The molecule has 618 valence electrons. The summed E-state index contributed by atoms with van der Waals surface area (Å²) in [5.41, 5.74) is 41.5. The van der Waals surface area contributed by atoms with Gasteiger partial charge in [-0.1, -0.05) is 232 Å². The second-order valence-corrected chi connectivity index (χ2v) is 34.2. The SMILES string of the molecule is CCCCC(CC)CSc1cc(OC)c(C)cc1N.CCCCC(CC)CSc1ccc(C)cc1N.CCCCC(CC)CSc1ccc(C)cc1N.CCCCC(CC)CSc1ccc(C)cc1NC.COc1cccc(Nc2ccn(C)n2)c1.Cc1ccc(OCCCN)c(C)c1.Nc1c(Cl)c(Cl)c(Cl)c(Cl)c1Cl. The molecule has 12 N–H and O–H groups in total. The van der Waals surface area contributed by atoms with E-state index >= 15 is 0 Å². The number of aromatic nitrogens is 2. The molecule has 8 aromatic rings. The van der Waals surface area contributed by atoms with Crippen molar-refractivity contribution in [2.24, 2.45) is 36.5 Å². The van der Waals surface area contributed by atoms with Crippen LogP contribution in [0.25, 0.3) is 0 Å². The van der Waals surface area contributed by atoms with Gasteiger partial charge in [-0.05, 0) is 198 Å². The molecule has 4 atom stereocenters. The minimum Gasteiger partial charge on any atom is -0.497 e. The highest BCUT2D eigenvalue weighted by Crippen LogP contribution is 2.45. The fourth-order valence-electron chi connectivity index (χ4n) is 11.2. The van der Waals surface area contributed by atoms with Crippen LogP contribution in [0.2, 0.25) is 25.1 Å². The van der Waals surface area contributed by atoms with Gasteiger partial charge < -0.3 is 53.5 Å². The molecule has 8 rings (SSSR count). The average molecular weight is 1700 g/mol. The number of nitrogens with one attached hydrogen (secondary N) is 2. The molecule has 0 saturated heterocycles. The number of ether oxygens (including phenoxy) is 3. The first-order chi connectivity index (χ1) is 53.1. The molecule has 4 unspecified atom stereocenters. The van der Waals surface area contributed by atoms with Crippen molar-refractivity contribution in [3.63, 3.8) is 0 Å². The molecule has 21 heteroatoms. The molecule has 7 aromatic carbocycles. The van der Waals surface area contributed by atoms with E-state index in [9.17, 15) is 0 Å². The van der Waals surface area contributed by atoms with Crippen molar-refractivity contribution in [2.45, 2.75) is 226 Å². The zero-order chi connectivity index (χ0) is 82.8. The fraction of sp³-hybridized carbons (Fsp3) is 0.500. The summed E-state index contributed by atoms with van der Waals surface area (Å²) in [4.78, 5) is 5.02. The predicted octanol–water partition coefficient (Wildman–Crippen LogP) is 28.8. The van der Waals surface area contributed by atoms with Crippen LogP contribution in [0.4, 0.5) is 39.9 Å². The Balaban J connectivity index is 0.000000441. The molecular formula is C90H136Cl5N9O3S4. The van der Waals surface area contributed by atoms with Crippen molar-refractivity contribution >= 4 is 145 Å². The predicted molar refractivity (Wildman–Crippen MR) is 501 cm³/mol. The summed E-state index contributed by atoms with van der Waals surface area (Å²) in [5.74, 6) is 11.7. The fourth-order valence-corrected chi connectivity index (χ4v) is 17.3. The summed E-state index contributed by atoms with van der Waals surface area (Å²) in [6.07, 6.45) is 23.9. The van der Waals surface area contributed by atoms with Crippen molar-refractivity contribution in [1.29, 1.82) is 0 Å². The lowest BCUT2D eigenvalue weighted by molar-refractivity contribution is 0.311. The second kappa shape index (κ2) is 59.4. The molecule has 0 aliphatic carbocycles. The van der Waals surface area contributed by atoms with Gasteiger partial charge in [0.05, 0.1) is 51.6 Å². The van der Waals surface area contributed by atoms with Crippen LogP contribution in [0.1, 0.15) is 198 Å². The Labute approximate surface area is 713 Å². The van der Waals surface area contributed by atoms with Crippen molar-refractivity contribution in [3.8, 4) is 17.2 Å². The number of benzene rings is 7. The maximum absolute atomic E-state index is 6.10. The summed E-state index contributed by atoms with van der Waals surface area (Å²) in [5, 5.41) is 11.3. The van der Waals surface area contributed by atoms with Crippen LogP contribution in [-0.2, 0) is 7.05 Å². The van der Waals surface area contributed by atoms with E-state index in [1.165, 1.54) is 168 Å². The third-order valence-corrected chi connectivity index (χ3v) is 26.1. The third kappa shape index (κ3) is 40.8. The van der Waals surface area contributed by atoms with Gasteiger partial charge in [0.15, 0.2) is 5.82 Å². The summed E-state index contributed by atoms with van der Waals surface area (Å²) in [7, 11) is 7.26. The molecule has 0 amide bonds. The standard InChI is InChI=1S/C16H27NOS.C16H27NS.2C15H25NS.C11H13N3O.C11H17NO.C6H2Cl5N/c1-5-7-8-13(6-2)11-19-16-10-15(18-4)12(3)9-14(16)17;1-5-7-8-14(6-2)12-18-16-10-9-13(3)11-15(16)17-4;2*1-4-6-7-13(5-2)11-17-15-9-8-12(3)10-14(15)16;1-14-7-6-11(13-14)12-9-4-3-5-10(8-9)15-2;1-9-4-5-11(10(2)8-9)13-7-3-6-12;7-1-2(8)4(10)6(12)5(11)3(1)9/h9-10,13H,5-8,11,17H2,1-4H3;9-11,14,17H,5-8,12H2,1-4H3;2*8-10,13H,4-7,11,16H2,1-3H3;3-8H,1-2H3,(H,12,13);4-5,8H,3,6-7,12H2,1-2H3;12H2. The minimum atomic E-state index is 0.113. The Morgan fingerprint density at radius 2 is 0.865 bits per heavy atom. The minimum absolute atomic E-state index is 0.113. The number of anilines is 7. The van der Waals surface area contributed by atoms with Crippen LogP contribution < -0.4 is 53.5 Å². The zero-order valence-electron chi connectivity index (χ0n) is 70.1. The Morgan fingerprint density at radius 1 is 0.450 bits per heavy atom. The van der Waals surface area contributed by atoms with Gasteiger partial charge in [0.2, 0.25) is 0 Å². The lowest BCUT2D eigenvalue weighted by Gasteiger charge is -2.16. The number of nitrogen functional groups attached to an aromatic ring is 4. The number of methoxy groups -OCH3 is 2. The van der Waals surface area contributed by atoms with E-state index in [4.69, 9.17) is 101 Å². The van der Waals surface area contributed by atoms with Crippen molar-refractivity contribution in [2.75, 3.05) is 91.0 Å². The highest BCUT2D eigenvalue weighted by atomic mass is 35.5. The molecule has 0 radical (unpaired) electrons. The van der Waals surface area contributed by atoms with Crippen LogP contribution in [0, 0.1) is 65.2 Å². The van der Waals surface area contributed by atoms with E-state index in [1.807, 2.05) is 117 Å². The van der Waals surface area contributed by atoms with E-state index in [1.54, 1.807) is 18.9 Å². The molecular weight excluding hydrogens is 1560 g/mol. The number of thioether (sulfide) groups is 4. The summed E-state index contributed by atoms with van der Waals surface area (Å²) < 4.78 is 17.8. The first-order valence-electron chi connectivity index (χ1n) is 39.7. The first-order valence-corrected chi connectivity index (χ1v) is 45.5. The zero-order valence-corrected chi connectivity index (χ0v) is 77.2. The largest absolute Gasteiger partial charge is 0.497 e. The van der Waals surface area contributed by atoms with Crippen LogP contribution in [0.5, 0.6) is 17.2 Å². The number of unbranched alkanes of at least 4 members (excludes halogenated alkanes) is 4. The number of rotatable bonds is 37. The van der Waals surface area contributed by atoms with Crippen LogP contribution in [0.3, 0.4) is 0 Å². The molecule has 0 aliphatic heterocycles. The van der Waals surface area contributed by atoms with E-state index in [0.29, 0.717) is 13.2 Å². The summed E-state index contributed by atoms with van der Waals surface area (Å²) in [6.45, 7) is 32.1. The maximum Gasteiger partial charge on any atom is 0.152 e. The second-order valence-electron chi connectivity index (χ2n) is 28.1. The van der Waals surface area contributed by atoms with Crippen LogP contribution in [0.15, 0.2) is 141 Å². The Hall–Kier alpha value is -5.24. The van der Waals surface area contributed by atoms with E-state index in [2.05, 4.69) is 179 Å². The van der Waals surface area contributed by atoms with E-state index in [-0.39, 0.29) is 30.8 Å². The number of aryl methyl sites for hydroxylation is 7. The Kier molecular flexibility index (Phi) is 54.5. The van der Waals surface area contributed by atoms with Crippen molar-refractivity contribution in [3.05, 3.63) is 180 Å². The monoisotopic (exact) mass is 1690 g/mol. The van der Waals surface area contributed by atoms with Gasteiger partial charge in [-0.25, -0.2) is 0 Å². The number of hydrogen-bond donors (Lipinski definition) is 7. The molecule has 0 spiro atoms. The topological polar surface area (TPSA) is 200 Å². The average Bonchev–Trinajstić information content (AvgIpc) is 1.09. The highest BCUT2D eigenvalue weighted by molar-refractivity contribution is 8.00. The van der Waals surface area contributed by atoms with Crippen LogP contribution >= 0.6 is 105 Å². The van der Waals surface area contributed by atoms with Gasteiger partial charge in [0, 0.05) is 103 Å². The first kappa shape index (κ1) is 102. The molecule has 0 aliphatic rings. The number of halogens is 5. The van der Waals surface area contributed by atoms with Gasteiger partial charge in [-0.2, -0.15) is 5.10 Å². The molecule has 0 bridgehead atoms. The van der Waals surface area contributed by atoms with E-state index in [0.717, 1.165) is 92.1 Å². The Bertz CT molecular complexity index is 3700. The molecule has 0 saturated carbocycles. The van der Waals surface area contributed by atoms with Gasteiger partial charge in [-0.15, -0.1) is 47.0 Å². The number of nitrogens with two attached hydrogens (primary N) is 5. The smallest absolute Gasteiger partial charge is 0.152 e. The van der Waals surface area contributed by atoms with Gasteiger partial charge in [-0.3, -0.25) is 4.68 Å². The van der Waals surface area contributed by atoms with Gasteiger partial charge in [0.25, 0.3) is 0 Å². The molecule has 12 nitrogen and oxygen atoms in total. The highest BCUT2D eigenvalue weighted by Gasteiger charge is 2.18. The Morgan fingerprint density at radius 3 is 1.27 bits per heavy atom. The lowest BCUT2D eigenvalue weighted by atomic mass is 10.0. The molecule has 1 heterocycles. The number of hydrogen-bond acceptors (Lipinski definition) is 15.